The molecule has 0 bridgehead atoms. The molecule has 1 fully saturated rings. The molecule has 0 unspecified atom stereocenters. The number of nitrogens with zero attached hydrogens (tertiary/aromatic N) is 2. The number of nitrogens with one attached hydrogen (secondary N) is 1. The van der Waals surface area contributed by atoms with Crippen molar-refractivity contribution in [2.45, 2.75) is 6.54 Å². The Labute approximate surface area is 116 Å². The Bertz CT molecular complexity index is 465. The topological polar surface area (TPSA) is 41.3 Å². The normalized spacial score (nSPS) is 16.4. The molecule has 0 amide bonds. The largest absolute Gasteiger partial charge is 0.462 e. The van der Waals surface area contributed by atoms with Crippen molar-refractivity contribution in [3.05, 3.63) is 29.5 Å². The van der Waals surface area contributed by atoms with Gasteiger partial charge in [-0.1, -0.05) is 0 Å². The first-order valence-electron chi connectivity index (χ1n) is 5.83. The molecule has 4 nitrogen and oxygen atoms in total. The summed E-state index contributed by atoms with van der Waals surface area (Å²) in [5, 5.41) is 6.45. The van der Waals surface area contributed by atoms with Gasteiger partial charge >= 0.3 is 0 Å². The third kappa shape index (κ3) is 3.11. The smallest absolute Gasteiger partial charge is 0.162 e. The van der Waals surface area contributed by atoms with Gasteiger partial charge in [-0.2, -0.15) is 0 Å². The highest BCUT2D eigenvalue weighted by atomic mass is 35.5. The zero-order chi connectivity index (χ0) is 11.5. The van der Waals surface area contributed by atoms with Gasteiger partial charge in [0.05, 0.1) is 12.0 Å². The number of rotatable bonds is 3. The van der Waals surface area contributed by atoms with Crippen LogP contribution in [-0.2, 0) is 6.54 Å². The molecule has 0 spiro atoms. The summed E-state index contributed by atoms with van der Waals surface area (Å²) in [6.45, 7) is 5.31. The van der Waals surface area contributed by atoms with Gasteiger partial charge in [0.15, 0.2) is 10.8 Å². The number of hydrogen-bond acceptors (Lipinski definition) is 5. The highest BCUT2D eigenvalue weighted by Crippen LogP contribution is 2.24. The van der Waals surface area contributed by atoms with Crippen molar-refractivity contribution < 1.29 is 4.42 Å². The maximum absolute atomic E-state index is 5.35. The molecule has 0 aliphatic carbocycles. The van der Waals surface area contributed by atoms with Crippen LogP contribution in [0.15, 0.2) is 28.2 Å². The molecule has 3 rings (SSSR count). The fraction of sp³-hybridized carbons (Fsp3) is 0.417. The summed E-state index contributed by atoms with van der Waals surface area (Å²) in [7, 11) is 0. The first-order chi connectivity index (χ1) is 8.42. The van der Waals surface area contributed by atoms with Gasteiger partial charge in [0.25, 0.3) is 0 Å². The maximum Gasteiger partial charge on any atom is 0.162 e. The molecular formula is C12H16ClN3OS. The van der Waals surface area contributed by atoms with Crippen LogP contribution in [0, 0.1) is 0 Å². The Morgan fingerprint density at radius 2 is 2.22 bits per heavy atom. The summed E-state index contributed by atoms with van der Waals surface area (Å²) in [6.07, 6.45) is 1.69. The molecule has 0 radical (unpaired) electrons. The second-order valence-electron chi connectivity index (χ2n) is 4.15. The zero-order valence-electron chi connectivity index (χ0n) is 9.96. The molecule has 3 heterocycles. The van der Waals surface area contributed by atoms with Crippen LogP contribution >= 0.6 is 23.7 Å². The number of piperazine rings is 1. The summed E-state index contributed by atoms with van der Waals surface area (Å²) >= 11 is 1.65. The molecule has 1 N–H and O–H groups in total. The lowest BCUT2D eigenvalue weighted by Crippen LogP contribution is -2.42. The Balaban J connectivity index is 0.00000120. The number of furan rings is 1. The molecule has 0 atom stereocenters. The predicted molar refractivity (Wildman–Crippen MR) is 75.2 cm³/mol. The molecule has 1 aliphatic heterocycles. The van der Waals surface area contributed by atoms with Crippen molar-refractivity contribution in [1.82, 2.24) is 15.2 Å². The van der Waals surface area contributed by atoms with Crippen LogP contribution in [0.4, 0.5) is 0 Å². The van der Waals surface area contributed by atoms with E-state index in [1.165, 1.54) is 0 Å². The molecule has 6 heteroatoms. The molecule has 1 saturated heterocycles. The Morgan fingerprint density at radius 3 is 2.94 bits per heavy atom. The minimum absolute atomic E-state index is 0. The van der Waals surface area contributed by atoms with Crippen LogP contribution in [0.25, 0.3) is 10.8 Å². The van der Waals surface area contributed by atoms with Gasteiger partial charge in [0.1, 0.15) is 0 Å². The summed E-state index contributed by atoms with van der Waals surface area (Å²) in [4.78, 5) is 7.04. The lowest BCUT2D eigenvalue weighted by Gasteiger charge is -2.26. The SMILES string of the molecule is Cl.c1coc(-c2nc(CN3CCNCC3)cs2)c1. The predicted octanol–water partition coefficient (Wildman–Crippen LogP) is 2.23. The van der Waals surface area contributed by atoms with E-state index in [1.54, 1.807) is 17.6 Å². The Hall–Kier alpha value is -0.880. The van der Waals surface area contributed by atoms with Crippen LogP contribution in [0.1, 0.15) is 5.69 Å². The van der Waals surface area contributed by atoms with Crippen molar-refractivity contribution in [2.24, 2.45) is 0 Å². The standard InChI is InChI=1S/C12H15N3OS.ClH/c1-2-11(16-7-1)12-14-10(9-17-12)8-15-5-3-13-4-6-15;/h1-2,7,9,13H,3-6,8H2;1H. The van der Waals surface area contributed by atoms with Gasteiger partial charge in [-0.3, -0.25) is 4.90 Å². The highest BCUT2D eigenvalue weighted by molar-refractivity contribution is 7.13. The molecule has 98 valence electrons. The molecular weight excluding hydrogens is 270 g/mol. The summed E-state index contributed by atoms with van der Waals surface area (Å²) in [5.41, 5.74) is 1.14. The van der Waals surface area contributed by atoms with Crippen molar-refractivity contribution >= 4 is 23.7 Å². The minimum atomic E-state index is 0. The van der Waals surface area contributed by atoms with Gasteiger partial charge in [0, 0.05) is 38.1 Å². The lowest BCUT2D eigenvalue weighted by molar-refractivity contribution is 0.231. The summed E-state index contributed by atoms with van der Waals surface area (Å²) in [5.74, 6) is 0.863. The van der Waals surface area contributed by atoms with Crippen LogP contribution in [0.2, 0.25) is 0 Å². The number of thiazole rings is 1. The summed E-state index contributed by atoms with van der Waals surface area (Å²) < 4.78 is 5.35. The first-order valence-corrected chi connectivity index (χ1v) is 6.71. The fourth-order valence-electron chi connectivity index (χ4n) is 1.99. The van der Waals surface area contributed by atoms with Crippen LogP contribution < -0.4 is 5.32 Å². The molecule has 0 saturated carbocycles. The van der Waals surface area contributed by atoms with E-state index < -0.39 is 0 Å². The van der Waals surface area contributed by atoms with Crippen LogP contribution in [0.5, 0.6) is 0 Å². The third-order valence-corrected chi connectivity index (χ3v) is 3.78. The van der Waals surface area contributed by atoms with Crippen molar-refractivity contribution in [2.75, 3.05) is 26.2 Å². The molecule has 1 aliphatic rings. The van der Waals surface area contributed by atoms with E-state index in [1.807, 2.05) is 12.1 Å². The van der Waals surface area contributed by atoms with Crippen molar-refractivity contribution in [3.63, 3.8) is 0 Å². The van der Waals surface area contributed by atoms with Gasteiger partial charge in [-0.15, -0.1) is 23.7 Å². The molecule has 0 aromatic carbocycles. The Kier molecular flexibility index (Phi) is 4.77. The lowest BCUT2D eigenvalue weighted by atomic mass is 10.3. The highest BCUT2D eigenvalue weighted by Gasteiger charge is 2.13. The van der Waals surface area contributed by atoms with Gasteiger partial charge < -0.3 is 9.73 Å². The van der Waals surface area contributed by atoms with Crippen LogP contribution in [-0.4, -0.2) is 36.1 Å². The molecule has 18 heavy (non-hydrogen) atoms. The van der Waals surface area contributed by atoms with Crippen molar-refractivity contribution in [1.29, 1.82) is 0 Å². The monoisotopic (exact) mass is 285 g/mol. The second kappa shape index (κ2) is 6.33. The van der Waals surface area contributed by atoms with E-state index in [4.69, 9.17) is 4.42 Å². The molecule has 2 aromatic rings. The van der Waals surface area contributed by atoms with E-state index in [2.05, 4.69) is 20.6 Å². The Morgan fingerprint density at radius 1 is 1.39 bits per heavy atom. The maximum atomic E-state index is 5.35. The average molecular weight is 286 g/mol. The van der Waals surface area contributed by atoms with Crippen molar-refractivity contribution in [3.8, 4) is 10.8 Å². The average Bonchev–Trinajstić information content (AvgIpc) is 3.00. The van der Waals surface area contributed by atoms with E-state index in [-0.39, 0.29) is 12.4 Å². The summed E-state index contributed by atoms with van der Waals surface area (Å²) in [6, 6.07) is 3.85. The quantitative estimate of drug-likeness (QED) is 0.939. The van der Waals surface area contributed by atoms with E-state index in [9.17, 15) is 0 Å². The third-order valence-electron chi connectivity index (χ3n) is 2.88. The molecule has 2 aromatic heterocycles. The van der Waals surface area contributed by atoms with Gasteiger partial charge in [0.2, 0.25) is 0 Å². The van der Waals surface area contributed by atoms with Gasteiger partial charge in [-0.05, 0) is 12.1 Å². The minimum Gasteiger partial charge on any atom is -0.462 e. The fourth-order valence-corrected chi connectivity index (χ4v) is 2.77. The number of hydrogen-bond donors (Lipinski definition) is 1. The van der Waals surface area contributed by atoms with E-state index in [0.717, 1.165) is 49.2 Å². The van der Waals surface area contributed by atoms with Gasteiger partial charge in [-0.25, -0.2) is 4.98 Å². The number of aromatic nitrogens is 1. The first kappa shape index (κ1) is 13.5. The second-order valence-corrected chi connectivity index (χ2v) is 5.01. The van der Waals surface area contributed by atoms with E-state index >= 15 is 0 Å². The number of halogens is 1. The van der Waals surface area contributed by atoms with Crippen LogP contribution in [0.3, 0.4) is 0 Å². The van der Waals surface area contributed by atoms with E-state index in [0.29, 0.717) is 0 Å². The zero-order valence-corrected chi connectivity index (χ0v) is 11.6.